The van der Waals surface area contributed by atoms with Crippen LogP contribution in [0.2, 0.25) is 0 Å². The number of carbonyl (C=O) groups is 2. The molecule has 2 aromatic carbocycles. The van der Waals surface area contributed by atoms with Crippen molar-refractivity contribution < 1.29 is 19.6 Å². The molecule has 130 valence electrons. The van der Waals surface area contributed by atoms with Gasteiger partial charge in [-0.2, -0.15) is 0 Å². The molecule has 25 heavy (non-hydrogen) atoms. The summed E-state index contributed by atoms with van der Waals surface area (Å²) in [7, 11) is 1.64. The number of methoxy groups -OCH3 is 1. The van der Waals surface area contributed by atoms with Crippen molar-refractivity contribution in [3.63, 3.8) is 0 Å². The number of amides is 2. The molecule has 0 bridgehead atoms. The molecule has 1 aliphatic heterocycles. The monoisotopic (exact) mass is 403 g/mol. The topological polar surface area (TPSA) is 63.2 Å². The molecule has 0 saturated carbocycles. The maximum absolute atomic E-state index is 12.3. The number of carbonyl (C=O) groups excluding carboxylic acids is 2. The third kappa shape index (κ3) is 3.45. The predicted octanol–water partition coefficient (Wildman–Crippen LogP) is 2.38. The number of quaternary nitrogens is 1. The van der Waals surface area contributed by atoms with Crippen LogP contribution in [-0.4, -0.2) is 36.9 Å². The van der Waals surface area contributed by atoms with Crippen molar-refractivity contribution in [3.8, 4) is 5.75 Å². The first-order chi connectivity index (χ1) is 12.0. The Labute approximate surface area is 155 Å². The number of fused-ring (bicyclic) bond motifs is 1. The van der Waals surface area contributed by atoms with Gasteiger partial charge in [-0.1, -0.05) is 12.1 Å². The van der Waals surface area contributed by atoms with Gasteiger partial charge < -0.3 is 10.1 Å². The average molecular weight is 404 g/mol. The average Bonchev–Trinajstić information content (AvgIpc) is 2.86. The SMILES string of the molecule is COc1ccc([C@@H](C)[NH2+]CCN2C(=O)c3ccccc3C2=O)cc1Br. The highest BCUT2D eigenvalue weighted by Gasteiger charge is 2.35. The Morgan fingerprint density at radius 2 is 1.76 bits per heavy atom. The fourth-order valence-electron chi connectivity index (χ4n) is 3.00. The molecule has 5 nitrogen and oxygen atoms in total. The van der Waals surface area contributed by atoms with Crippen LogP contribution in [0.5, 0.6) is 5.75 Å². The van der Waals surface area contributed by atoms with Gasteiger partial charge in [-0.3, -0.25) is 14.5 Å². The van der Waals surface area contributed by atoms with E-state index in [0.29, 0.717) is 24.2 Å². The molecule has 1 aliphatic rings. The van der Waals surface area contributed by atoms with Crippen LogP contribution in [0.15, 0.2) is 46.9 Å². The van der Waals surface area contributed by atoms with Gasteiger partial charge in [0.15, 0.2) is 0 Å². The molecule has 1 atom stereocenters. The van der Waals surface area contributed by atoms with Crippen LogP contribution in [0.25, 0.3) is 0 Å². The Hall–Kier alpha value is -2.18. The third-order valence-electron chi connectivity index (χ3n) is 4.45. The fourth-order valence-corrected chi connectivity index (χ4v) is 3.56. The zero-order chi connectivity index (χ0) is 18.0. The molecule has 0 unspecified atom stereocenters. The van der Waals surface area contributed by atoms with Crippen LogP contribution in [0, 0.1) is 0 Å². The maximum atomic E-state index is 12.3. The van der Waals surface area contributed by atoms with Crippen LogP contribution < -0.4 is 10.1 Å². The Balaban J connectivity index is 1.59. The highest BCUT2D eigenvalue weighted by atomic mass is 79.9. The van der Waals surface area contributed by atoms with E-state index in [-0.39, 0.29) is 17.9 Å². The molecule has 0 aromatic heterocycles. The molecule has 0 radical (unpaired) electrons. The minimum Gasteiger partial charge on any atom is -0.496 e. The molecule has 6 heteroatoms. The summed E-state index contributed by atoms with van der Waals surface area (Å²) in [6.45, 7) is 3.14. The van der Waals surface area contributed by atoms with Gasteiger partial charge >= 0.3 is 0 Å². The van der Waals surface area contributed by atoms with Crippen LogP contribution in [0.4, 0.5) is 0 Å². The van der Waals surface area contributed by atoms with Crippen LogP contribution in [0.1, 0.15) is 39.2 Å². The van der Waals surface area contributed by atoms with E-state index in [0.717, 1.165) is 15.8 Å². The fraction of sp³-hybridized carbons (Fsp3) is 0.263. The van der Waals surface area contributed by atoms with Gasteiger partial charge in [0.1, 0.15) is 11.8 Å². The first kappa shape index (κ1) is 17.6. The molecule has 0 aliphatic carbocycles. The van der Waals surface area contributed by atoms with Gasteiger partial charge in [-0.15, -0.1) is 0 Å². The van der Waals surface area contributed by atoms with Crippen LogP contribution in [-0.2, 0) is 0 Å². The number of hydrogen-bond acceptors (Lipinski definition) is 3. The van der Waals surface area contributed by atoms with Crippen LogP contribution in [0.3, 0.4) is 0 Å². The molecule has 2 amide bonds. The molecule has 0 spiro atoms. The maximum Gasteiger partial charge on any atom is 0.261 e. The lowest BCUT2D eigenvalue weighted by Gasteiger charge is -2.16. The standard InChI is InChI=1S/C19H19BrN2O3/c1-12(13-7-8-17(25-2)16(20)11-13)21-9-10-22-18(23)14-5-3-4-6-15(14)19(22)24/h3-8,11-12,21H,9-10H2,1-2H3/p+1/t12-/m1/s1. The van der Waals surface area contributed by atoms with Crippen molar-refractivity contribution >= 4 is 27.7 Å². The van der Waals surface area contributed by atoms with Crippen molar-refractivity contribution in [2.75, 3.05) is 20.2 Å². The van der Waals surface area contributed by atoms with Gasteiger partial charge in [-0.25, -0.2) is 0 Å². The molecule has 2 aromatic rings. The minimum absolute atomic E-state index is 0.200. The molecule has 1 heterocycles. The molecule has 2 N–H and O–H groups in total. The number of imide groups is 1. The Morgan fingerprint density at radius 3 is 2.32 bits per heavy atom. The van der Waals surface area contributed by atoms with Gasteiger partial charge in [0.2, 0.25) is 0 Å². The number of nitrogens with zero attached hydrogens (tertiary/aromatic N) is 1. The van der Waals surface area contributed by atoms with E-state index in [2.05, 4.69) is 28.2 Å². The molecule has 0 fully saturated rings. The van der Waals surface area contributed by atoms with Gasteiger partial charge in [0, 0.05) is 5.56 Å². The lowest BCUT2D eigenvalue weighted by Crippen LogP contribution is -2.86. The summed E-state index contributed by atoms with van der Waals surface area (Å²) in [6, 6.07) is 13.2. The first-order valence-corrected chi connectivity index (χ1v) is 8.94. The first-order valence-electron chi connectivity index (χ1n) is 8.15. The van der Waals surface area contributed by atoms with E-state index < -0.39 is 0 Å². The minimum atomic E-state index is -0.200. The summed E-state index contributed by atoms with van der Waals surface area (Å²) in [5.74, 6) is 0.393. The van der Waals surface area contributed by atoms with Crippen molar-refractivity contribution in [2.24, 2.45) is 0 Å². The Morgan fingerprint density at radius 1 is 1.12 bits per heavy atom. The summed E-state index contributed by atoms with van der Waals surface area (Å²) >= 11 is 3.49. The molecule has 0 saturated heterocycles. The lowest BCUT2D eigenvalue weighted by atomic mass is 10.1. The lowest BCUT2D eigenvalue weighted by molar-refractivity contribution is -0.691. The van der Waals surface area contributed by atoms with Crippen molar-refractivity contribution in [1.29, 1.82) is 0 Å². The van der Waals surface area contributed by atoms with E-state index in [1.807, 2.05) is 18.2 Å². The van der Waals surface area contributed by atoms with E-state index in [4.69, 9.17) is 4.74 Å². The second kappa shape index (κ2) is 7.37. The summed E-state index contributed by atoms with van der Waals surface area (Å²) < 4.78 is 6.15. The van der Waals surface area contributed by atoms with E-state index >= 15 is 0 Å². The van der Waals surface area contributed by atoms with Crippen LogP contribution >= 0.6 is 15.9 Å². The quantitative estimate of drug-likeness (QED) is 0.753. The second-order valence-corrected chi connectivity index (χ2v) is 6.87. The number of benzene rings is 2. The van der Waals surface area contributed by atoms with Crippen molar-refractivity contribution in [1.82, 2.24) is 4.90 Å². The third-order valence-corrected chi connectivity index (χ3v) is 5.07. The van der Waals surface area contributed by atoms with E-state index in [1.165, 1.54) is 4.90 Å². The molecular weight excluding hydrogens is 384 g/mol. The normalized spacial score (nSPS) is 14.6. The highest BCUT2D eigenvalue weighted by Crippen LogP contribution is 2.27. The number of hydrogen-bond donors (Lipinski definition) is 1. The Bertz CT molecular complexity index is 787. The highest BCUT2D eigenvalue weighted by molar-refractivity contribution is 9.10. The van der Waals surface area contributed by atoms with Gasteiger partial charge in [0.05, 0.1) is 35.8 Å². The van der Waals surface area contributed by atoms with Crippen molar-refractivity contribution in [2.45, 2.75) is 13.0 Å². The summed E-state index contributed by atoms with van der Waals surface area (Å²) in [6.07, 6.45) is 0. The Kier molecular flexibility index (Phi) is 5.20. The van der Waals surface area contributed by atoms with Gasteiger partial charge in [-0.05, 0) is 53.2 Å². The number of nitrogens with two attached hydrogens (primary N) is 1. The van der Waals surface area contributed by atoms with Gasteiger partial charge in [0.25, 0.3) is 11.8 Å². The molecule has 3 rings (SSSR count). The van der Waals surface area contributed by atoms with E-state index in [1.54, 1.807) is 31.4 Å². The second-order valence-electron chi connectivity index (χ2n) is 6.01. The summed E-state index contributed by atoms with van der Waals surface area (Å²) in [5.41, 5.74) is 2.15. The summed E-state index contributed by atoms with van der Waals surface area (Å²) in [4.78, 5) is 26.0. The van der Waals surface area contributed by atoms with E-state index in [9.17, 15) is 9.59 Å². The number of halogens is 1. The smallest absolute Gasteiger partial charge is 0.261 e. The largest absolute Gasteiger partial charge is 0.496 e. The summed E-state index contributed by atoms with van der Waals surface area (Å²) in [5, 5.41) is 2.12. The zero-order valence-electron chi connectivity index (χ0n) is 14.2. The predicted molar refractivity (Wildman–Crippen MR) is 97.7 cm³/mol. The number of rotatable bonds is 6. The zero-order valence-corrected chi connectivity index (χ0v) is 15.7. The van der Waals surface area contributed by atoms with Crippen molar-refractivity contribution in [3.05, 3.63) is 63.6 Å². The number of ether oxygens (including phenoxy) is 1. The molecular formula is C19H20BrN2O3+.